The fourth-order valence-electron chi connectivity index (χ4n) is 1.66. The van der Waals surface area contributed by atoms with Gasteiger partial charge in [0.15, 0.2) is 0 Å². The summed E-state index contributed by atoms with van der Waals surface area (Å²) in [6.07, 6.45) is 2.14. The molecular weight excluding hydrogens is 220 g/mol. The van der Waals surface area contributed by atoms with Gasteiger partial charge >= 0.3 is 0 Å². The van der Waals surface area contributed by atoms with Crippen LogP contribution >= 0.6 is 11.6 Å². The summed E-state index contributed by atoms with van der Waals surface area (Å²) in [6, 6.07) is 6.29. The largest absolute Gasteiger partial charge is 0.493 e. The Bertz CT molecular complexity index is 323. The molecule has 0 radical (unpaired) electrons. The summed E-state index contributed by atoms with van der Waals surface area (Å²) in [7, 11) is 0. The molecule has 0 N–H and O–H groups in total. The van der Waals surface area contributed by atoms with Crippen molar-refractivity contribution in [1.82, 2.24) is 0 Å². The standard InChI is InChI=1S/C14H21ClO/c1-11(6-8-15)7-9-16-14-5-4-12(2)10-13(14)3/h4-5,10-11H,6-9H2,1-3H3. The molecule has 1 rings (SSSR count). The van der Waals surface area contributed by atoms with E-state index in [-0.39, 0.29) is 0 Å². The Hall–Kier alpha value is -0.690. The van der Waals surface area contributed by atoms with E-state index in [0.29, 0.717) is 5.92 Å². The van der Waals surface area contributed by atoms with E-state index < -0.39 is 0 Å². The van der Waals surface area contributed by atoms with Crippen LogP contribution in [0.15, 0.2) is 18.2 Å². The first-order valence-corrected chi connectivity index (χ1v) is 6.43. The normalized spacial score (nSPS) is 12.5. The van der Waals surface area contributed by atoms with E-state index in [9.17, 15) is 0 Å². The number of aryl methyl sites for hydroxylation is 2. The Morgan fingerprint density at radius 1 is 1.25 bits per heavy atom. The van der Waals surface area contributed by atoms with Crippen LogP contribution in [0.2, 0.25) is 0 Å². The second-order valence-electron chi connectivity index (χ2n) is 4.49. The molecule has 0 aliphatic carbocycles. The smallest absolute Gasteiger partial charge is 0.122 e. The molecule has 0 bridgehead atoms. The van der Waals surface area contributed by atoms with Crippen molar-refractivity contribution in [3.05, 3.63) is 29.3 Å². The molecule has 0 spiro atoms. The summed E-state index contributed by atoms with van der Waals surface area (Å²) >= 11 is 5.69. The molecule has 0 saturated heterocycles. The molecule has 1 aromatic carbocycles. The molecule has 1 unspecified atom stereocenters. The van der Waals surface area contributed by atoms with E-state index in [1.54, 1.807) is 0 Å². The Morgan fingerprint density at radius 3 is 2.62 bits per heavy atom. The third kappa shape index (κ3) is 4.44. The van der Waals surface area contributed by atoms with Crippen molar-refractivity contribution in [3.63, 3.8) is 0 Å². The lowest BCUT2D eigenvalue weighted by Gasteiger charge is -2.12. The van der Waals surface area contributed by atoms with Crippen molar-refractivity contribution in [3.8, 4) is 5.75 Å². The molecule has 0 aliphatic heterocycles. The monoisotopic (exact) mass is 240 g/mol. The van der Waals surface area contributed by atoms with Gasteiger partial charge < -0.3 is 4.74 Å². The first-order valence-electron chi connectivity index (χ1n) is 5.89. The van der Waals surface area contributed by atoms with Crippen molar-refractivity contribution in [1.29, 1.82) is 0 Å². The van der Waals surface area contributed by atoms with E-state index in [0.717, 1.165) is 31.1 Å². The fourth-order valence-corrected chi connectivity index (χ4v) is 2.03. The maximum atomic E-state index is 5.77. The van der Waals surface area contributed by atoms with Gasteiger partial charge in [0, 0.05) is 5.88 Å². The van der Waals surface area contributed by atoms with Gasteiger partial charge in [0.2, 0.25) is 0 Å². The lowest BCUT2D eigenvalue weighted by molar-refractivity contribution is 0.280. The fraction of sp³-hybridized carbons (Fsp3) is 0.571. The molecule has 0 aromatic heterocycles. The summed E-state index contributed by atoms with van der Waals surface area (Å²) in [5.74, 6) is 2.39. The van der Waals surface area contributed by atoms with Crippen LogP contribution in [0.4, 0.5) is 0 Å². The van der Waals surface area contributed by atoms with E-state index in [4.69, 9.17) is 16.3 Å². The third-order valence-electron chi connectivity index (χ3n) is 2.80. The van der Waals surface area contributed by atoms with Crippen LogP contribution in [-0.2, 0) is 0 Å². The number of ether oxygens (including phenoxy) is 1. The highest BCUT2D eigenvalue weighted by Gasteiger charge is 2.03. The van der Waals surface area contributed by atoms with E-state index in [1.807, 2.05) is 0 Å². The molecule has 1 atom stereocenters. The van der Waals surface area contributed by atoms with Gasteiger partial charge in [0.05, 0.1) is 6.61 Å². The van der Waals surface area contributed by atoms with Crippen LogP contribution < -0.4 is 4.74 Å². The minimum absolute atomic E-state index is 0.642. The molecule has 0 saturated carbocycles. The highest BCUT2D eigenvalue weighted by atomic mass is 35.5. The quantitative estimate of drug-likeness (QED) is 0.673. The Labute approximate surface area is 104 Å². The first-order chi connectivity index (χ1) is 7.63. The highest BCUT2D eigenvalue weighted by Crippen LogP contribution is 2.19. The number of alkyl halides is 1. The predicted molar refractivity (Wildman–Crippen MR) is 70.5 cm³/mol. The summed E-state index contributed by atoms with van der Waals surface area (Å²) in [6.45, 7) is 7.18. The van der Waals surface area contributed by atoms with Crippen molar-refractivity contribution < 1.29 is 4.74 Å². The van der Waals surface area contributed by atoms with Gasteiger partial charge in [-0.3, -0.25) is 0 Å². The van der Waals surface area contributed by atoms with Gasteiger partial charge in [-0.2, -0.15) is 0 Å². The second-order valence-corrected chi connectivity index (χ2v) is 4.87. The zero-order chi connectivity index (χ0) is 12.0. The molecule has 0 fully saturated rings. The summed E-state index contributed by atoms with van der Waals surface area (Å²) in [4.78, 5) is 0. The Morgan fingerprint density at radius 2 is 2.00 bits per heavy atom. The lowest BCUT2D eigenvalue weighted by Crippen LogP contribution is -2.05. The minimum Gasteiger partial charge on any atom is -0.493 e. The average molecular weight is 241 g/mol. The van der Waals surface area contributed by atoms with Crippen molar-refractivity contribution in [2.75, 3.05) is 12.5 Å². The highest BCUT2D eigenvalue weighted by molar-refractivity contribution is 6.17. The van der Waals surface area contributed by atoms with E-state index in [2.05, 4.69) is 39.0 Å². The number of rotatable bonds is 6. The van der Waals surface area contributed by atoms with Crippen LogP contribution in [0.25, 0.3) is 0 Å². The molecule has 0 aliphatic rings. The number of hydrogen-bond donors (Lipinski definition) is 0. The molecule has 2 heteroatoms. The summed E-state index contributed by atoms with van der Waals surface area (Å²) in [5.41, 5.74) is 2.49. The van der Waals surface area contributed by atoms with Gasteiger partial charge in [-0.15, -0.1) is 11.6 Å². The maximum Gasteiger partial charge on any atom is 0.122 e. The topological polar surface area (TPSA) is 9.23 Å². The van der Waals surface area contributed by atoms with Crippen LogP contribution in [0.5, 0.6) is 5.75 Å². The van der Waals surface area contributed by atoms with Crippen LogP contribution in [0.3, 0.4) is 0 Å². The van der Waals surface area contributed by atoms with Gasteiger partial charge in [0.1, 0.15) is 5.75 Å². The van der Waals surface area contributed by atoms with Gasteiger partial charge in [-0.25, -0.2) is 0 Å². The molecular formula is C14H21ClO. The molecule has 1 nitrogen and oxygen atoms in total. The van der Waals surface area contributed by atoms with Gasteiger partial charge in [-0.05, 0) is 44.2 Å². The molecule has 0 heterocycles. The van der Waals surface area contributed by atoms with E-state index >= 15 is 0 Å². The zero-order valence-electron chi connectivity index (χ0n) is 10.4. The Kier molecular flexibility index (Phi) is 5.68. The van der Waals surface area contributed by atoms with Gasteiger partial charge in [-0.1, -0.05) is 24.6 Å². The van der Waals surface area contributed by atoms with Crippen LogP contribution in [0.1, 0.15) is 30.9 Å². The second kappa shape index (κ2) is 6.80. The molecule has 16 heavy (non-hydrogen) atoms. The number of benzene rings is 1. The van der Waals surface area contributed by atoms with Crippen LogP contribution in [-0.4, -0.2) is 12.5 Å². The van der Waals surface area contributed by atoms with Crippen molar-refractivity contribution >= 4 is 11.6 Å². The molecule has 1 aromatic rings. The SMILES string of the molecule is Cc1ccc(OCCC(C)CCCl)c(C)c1. The van der Waals surface area contributed by atoms with Gasteiger partial charge in [0.25, 0.3) is 0 Å². The first kappa shape index (κ1) is 13.4. The zero-order valence-corrected chi connectivity index (χ0v) is 11.2. The number of hydrogen-bond acceptors (Lipinski definition) is 1. The third-order valence-corrected chi connectivity index (χ3v) is 3.02. The minimum atomic E-state index is 0.642. The van der Waals surface area contributed by atoms with Crippen LogP contribution in [0, 0.1) is 19.8 Å². The summed E-state index contributed by atoms with van der Waals surface area (Å²) in [5, 5.41) is 0. The maximum absolute atomic E-state index is 5.77. The molecule has 90 valence electrons. The molecule has 0 amide bonds. The number of halogens is 1. The van der Waals surface area contributed by atoms with Crippen molar-refractivity contribution in [2.45, 2.75) is 33.6 Å². The lowest BCUT2D eigenvalue weighted by atomic mass is 10.1. The average Bonchev–Trinajstić information content (AvgIpc) is 2.22. The summed E-state index contributed by atoms with van der Waals surface area (Å²) < 4.78 is 5.77. The van der Waals surface area contributed by atoms with E-state index in [1.165, 1.54) is 11.1 Å². The Balaban J connectivity index is 2.37. The predicted octanol–water partition coefficient (Wildman–Crippen LogP) is 4.34. The van der Waals surface area contributed by atoms with Crippen molar-refractivity contribution in [2.24, 2.45) is 5.92 Å².